The number of nitrogens with zero attached hydrogens (tertiary/aromatic N) is 1. The van der Waals surface area contributed by atoms with Crippen molar-refractivity contribution in [3.05, 3.63) is 28.2 Å². The van der Waals surface area contributed by atoms with E-state index in [-0.39, 0.29) is 18.2 Å². The largest absolute Gasteiger partial charge is 0.326 e. The van der Waals surface area contributed by atoms with E-state index >= 15 is 0 Å². The van der Waals surface area contributed by atoms with Crippen LogP contribution >= 0.6 is 35.0 Å². The van der Waals surface area contributed by atoms with Crippen molar-refractivity contribution in [2.24, 2.45) is 4.99 Å². The van der Waals surface area contributed by atoms with E-state index in [1.165, 1.54) is 11.8 Å². The van der Waals surface area contributed by atoms with E-state index in [1.54, 1.807) is 25.2 Å². The first-order valence-corrected chi connectivity index (χ1v) is 7.32. The van der Waals surface area contributed by atoms with Crippen molar-refractivity contribution in [3.63, 3.8) is 0 Å². The number of benzene rings is 1. The van der Waals surface area contributed by atoms with E-state index in [2.05, 4.69) is 15.6 Å². The van der Waals surface area contributed by atoms with Gasteiger partial charge in [-0.1, -0.05) is 35.0 Å². The van der Waals surface area contributed by atoms with Crippen molar-refractivity contribution in [2.45, 2.75) is 11.7 Å². The number of rotatable bonds is 3. The minimum Gasteiger partial charge on any atom is -0.326 e. The monoisotopic (exact) mass is 331 g/mol. The number of thioether (sulfide) groups is 1. The van der Waals surface area contributed by atoms with Crippen LogP contribution in [0.3, 0.4) is 0 Å². The predicted molar refractivity (Wildman–Crippen MR) is 82.6 cm³/mol. The summed E-state index contributed by atoms with van der Waals surface area (Å²) in [7, 11) is 1.58. The third-order valence-electron chi connectivity index (χ3n) is 2.55. The van der Waals surface area contributed by atoms with Gasteiger partial charge in [-0.3, -0.25) is 14.6 Å². The summed E-state index contributed by atoms with van der Waals surface area (Å²) in [4.78, 5) is 27.4. The summed E-state index contributed by atoms with van der Waals surface area (Å²) in [5.41, 5.74) is 0.539. The first-order chi connectivity index (χ1) is 9.49. The third-order valence-corrected chi connectivity index (χ3v) is 4.47. The van der Waals surface area contributed by atoms with Crippen LogP contribution in [0.2, 0.25) is 10.0 Å². The highest BCUT2D eigenvalue weighted by Gasteiger charge is 2.31. The minimum absolute atomic E-state index is 0.0652. The summed E-state index contributed by atoms with van der Waals surface area (Å²) in [6.07, 6.45) is 0.0652. The average molecular weight is 332 g/mol. The normalized spacial score (nSPS) is 20.1. The first kappa shape index (κ1) is 15.2. The lowest BCUT2D eigenvalue weighted by atomic mass is 10.2. The molecule has 1 aliphatic rings. The van der Waals surface area contributed by atoms with Gasteiger partial charge in [0.2, 0.25) is 11.8 Å². The Morgan fingerprint density at radius 2 is 2.20 bits per heavy atom. The highest BCUT2D eigenvalue weighted by molar-refractivity contribution is 8.15. The van der Waals surface area contributed by atoms with Crippen LogP contribution in [0.15, 0.2) is 23.2 Å². The van der Waals surface area contributed by atoms with Crippen molar-refractivity contribution in [3.8, 4) is 0 Å². The van der Waals surface area contributed by atoms with Crippen LogP contribution < -0.4 is 10.6 Å². The summed E-state index contributed by atoms with van der Waals surface area (Å²) in [6, 6.07) is 4.80. The first-order valence-electron chi connectivity index (χ1n) is 5.69. The lowest BCUT2D eigenvalue weighted by Crippen LogP contribution is -2.28. The number of hydrogen-bond acceptors (Lipinski definition) is 4. The van der Waals surface area contributed by atoms with Gasteiger partial charge in [0, 0.05) is 19.2 Å². The number of aliphatic imine (C=N–C) groups is 1. The van der Waals surface area contributed by atoms with Gasteiger partial charge in [-0.15, -0.1) is 0 Å². The quantitative estimate of drug-likeness (QED) is 0.894. The Balaban J connectivity index is 1.96. The molecule has 2 N–H and O–H groups in total. The molecule has 8 heteroatoms. The maximum Gasteiger partial charge on any atom is 0.240 e. The fourth-order valence-electron chi connectivity index (χ4n) is 1.60. The molecular formula is C12H11Cl2N3O2S. The van der Waals surface area contributed by atoms with E-state index in [0.717, 1.165) is 0 Å². The number of carbonyl (C=O) groups excluding carboxylic acids is 2. The van der Waals surface area contributed by atoms with Gasteiger partial charge in [0.1, 0.15) is 5.25 Å². The zero-order valence-electron chi connectivity index (χ0n) is 10.4. The fraction of sp³-hybridized carbons (Fsp3) is 0.250. The standard InChI is InChI=1S/C12H11Cl2N3O2S/c1-15-12-17-11(19)9(20-12)5-10(18)16-6-2-3-7(13)8(14)4-6/h2-4,9H,5H2,1H3,(H,16,18)(H,15,17,19)/t9-/m0/s1. The van der Waals surface area contributed by atoms with E-state index in [9.17, 15) is 9.59 Å². The fourth-order valence-corrected chi connectivity index (χ4v) is 2.83. The second kappa shape index (κ2) is 6.47. The van der Waals surface area contributed by atoms with Crippen LogP contribution in [0, 0.1) is 0 Å². The van der Waals surface area contributed by atoms with E-state index < -0.39 is 5.25 Å². The van der Waals surface area contributed by atoms with Gasteiger partial charge in [-0.05, 0) is 18.2 Å². The molecule has 0 unspecified atom stereocenters. The lowest BCUT2D eigenvalue weighted by Gasteiger charge is -2.08. The van der Waals surface area contributed by atoms with Crippen LogP contribution in [0.4, 0.5) is 5.69 Å². The lowest BCUT2D eigenvalue weighted by molar-refractivity contribution is -0.122. The van der Waals surface area contributed by atoms with E-state index in [1.807, 2.05) is 0 Å². The molecule has 1 aromatic rings. The topological polar surface area (TPSA) is 70.6 Å². The molecule has 0 aliphatic carbocycles. The van der Waals surface area contributed by atoms with Crippen LogP contribution in [0.1, 0.15) is 6.42 Å². The maximum atomic E-state index is 11.9. The van der Waals surface area contributed by atoms with Gasteiger partial charge >= 0.3 is 0 Å². The van der Waals surface area contributed by atoms with E-state index in [4.69, 9.17) is 23.2 Å². The molecule has 0 radical (unpaired) electrons. The number of anilines is 1. The smallest absolute Gasteiger partial charge is 0.240 e. The van der Waals surface area contributed by atoms with Gasteiger partial charge in [-0.2, -0.15) is 0 Å². The molecule has 2 rings (SSSR count). The molecule has 1 atom stereocenters. The second-order valence-electron chi connectivity index (χ2n) is 4.01. The van der Waals surface area contributed by atoms with Gasteiger partial charge < -0.3 is 10.6 Å². The number of halogens is 2. The Hall–Kier alpha value is -1.24. The molecule has 1 saturated heterocycles. The summed E-state index contributed by atoms with van der Waals surface area (Å²) in [6.45, 7) is 0. The Bertz CT molecular complexity index is 592. The second-order valence-corrected chi connectivity index (χ2v) is 6.01. The number of nitrogens with one attached hydrogen (secondary N) is 2. The molecular weight excluding hydrogens is 321 g/mol. The number of carbonyl (C=O) groups is 2. The number of amidine groups is 1. The van der Waals surface area contributed by atoms with Crippen LogP contribution in [-0.4, -0.2) is 29.3 Å². The third kappa shape index (κ3) is 3.65. The summed E-state index contributed by atoms with van der Waals surface area (Å²) in [5.74, 6) is -0.478. The van der Waals surface area contributed by atoms with Crippen LogP contribution in [0.25, 0.3) is 0 Å². The minimum atomic E-state index is -0.462. The molecule has 1 heterocycles. The summed E-state index contributed by atoms with van der Waals surface area (Å²) in [5, 5.41) is 6.11. The van der Waals surface area contributed by atoms with Crippen molar-refractivity contribution >= 4 is 57.6 Å². The van der Waals surface area contributed by atoms with Gasteiger partial charge in [0.15, 0.2) is 5.17 Å². The number of hydrogen-bond donors (Lipinski definition) is 2. The molecule has 0 bridgehead atoms. The van der Waals surface area contributed by atoms with Crippen molar-refractivity contribution in [1.82, 2.24) is 5.32 Å². The molecule has 1 aromatic carbocycles. The highest BCUT2D eigenvalue weighted by atomic mass is 35.5. The SMILES string of the molecule is CN=C1NC(=O)[C@H](CC(=O)Nc2ccc(Cl)c(Cl)c2)S1. The molecule has 20 heavy (non-hydrogen) atoms. The van der Waals surface area contributed by atoms with Crippen LogP contribution in [0.5, 0.6) is 0 Å². The molecule has 1 fully saturated rings. The van der Waals surface area contributed by atoms with Gasteiger partial charge in [0.05, 0.1) is 10.0 Å². The van der Waals surface area contributed by atoms with Crippen LogP contribution in [-0.2, 0) is 9.59 Å². The molecule has 5 nitrogen and oxygen atoms in total. The maximum absolute atomic E-state index is 11.9. The Morgan fingerprint density at radius 1 is 1.45 bits per heavy atom. The average Bonchev–Trinajstić information content (AvgIpc) is 2.74. The Morgan fingerprint density at radius 3 is 2.80 bits per heavy atom. The molecule has 1 aliphatic heterocycles. The predicted octanol–water partition coefficient (Wildman–Crippen LogP) is 2.54. The van der Waals surface area contributed by atoms with Crippen molar-refractivity contribution in [2.75, 3.05) is 12.4 Å². The van der Waals surface area contributed by atoms with E-state index in [0.29, 0.717) is 20.9 Å². The zero-order chi connectivity index (χ0) is 14.7. The molecule has 0 saturated carbocycles. The Kier molecular flexibility index (Phi) is 4.91. The summed E-state index contributed by atoms with van der Waals surface area (Å²) < 4.78 is 0. The molecule has 2 amide bonds. The molecule has 0 spiro atoms. The molecule has 106 valence electrons. The molecule has 0 aromatic heterocycles. The van der Waals surface area contributed by atoms with Crippen molar-refractivity contribution < 1.29 is 9.59 Å². The summed E-state index contributed by atoms with van der Waals surface area (Å²) >= 11 is 12.9. The Labute approximate surface area is 130 Å². The zero-order valence-corrected chi connectivity index (χ0v) is 12.8. The van der Waals surface area contributed by atoms with Gasteiger partial charge in [-0.25, -0.2) is 0 Å². The number of amides is 2. The van der Waals surface area contributed by atoms with Gasteiger partial charge in [0.25, 0.3) is 0 Å². The van der Waals surface area contributed by atoms with Crippen molar-refractivity contribution in [1.29, 1.82) is 0 Å². The highest BCUT2D eigenvalue weighted by Crippen LogP contribution is 2.26.